The van der Waals surface area contributed by atoms with Gasteiger partial charge in [0.2, 0.25) is 0 Å². The van der Waals surface area contributed by atoms with Gasteiger partial charge in [-0.25, -0.2) is 0 Å². The number of ether oxygens (including phenoxy) is 3. The minimum atomic E-state index is -0.380. The second-order valence-electron chi connectivity index (χ2n) is 6.76. The molecule has 7 nitrogen and oxygen atoms in total. The van der Waals surface area contributed by atoms with Crippen molar-refractivity contribution < 1.29 is 23.8 Å². The van der Waals surface area contributed by atoms with Crippen molar-refractivity contribution in [3.8, 4) is 11.5 Å². The van der Waals surface area contributed by atoms with Crippen LogP contribution in [0.4, 0.5) is 5.69 Å². The molecule has 0 radical (unpaired) electrons. The molecule has 0 saturated carbocycles. The van der Waals surface area contributed by atoms with E-state index in [-0.39, 0.29) is 17.9 Å². The Morgan fingerprint density at radius 3 is 2.48 bits per heavy atom. The number of anilines is 1. The molecule has 1 aliphatic rings. The summed E-state index contributed by atoms with van der Waals surface area (Å²) in [4.78, 5) is 24.4. The maximum atomic E-state index is 12.3. The summed E-state index contributed by atoms with van der Waals surface area (Å²) in [5.41, 5.74) is 2.22. The van der Waals surface area contributed by atoms with E-state index in [9.17, 15) is 9.59 Å². The summed E-state index contributed by atoms with van der Waals surface area (Å²) < 4.78 is 15.9. The molecule has 0 aromatic heterocycles. The van der Waals surface area contributed by atoms with Gasteiger partial charge >= 0.3 is 0 Å². The molecule has 0 bridgehead atoms. The van der Waals surface area contributed by atoms with Gasteiger partial charge in [0.25, 0.3) is 11.8 Å². The van der Waals surface area contributed by atoms with Crippen molar-refractivity contribution >= 4 is 17.5 Å². The van der Waals surface area contributed by atoms with Crippen LogP contribution < -0.4 is 20.1 Å². The molecule has 154 valence electrons. The number of carbonyl (C=O) groups is 2. The Bertz CT molecular complexity index is 845. The molecule has 1 fully saturated rings. The Hall–Kier alpha value is -3.06. The van der Waals surface area contributed by atoms with Crippen LogP contribution in [0, 0.1) is 0 Å². The zero-order valence-electron chi connectivity index (χ0n) is 16.7. The molecule has 29 heavy (non-hydrogen) atoms. The first-order valence-corrected chi connectivity index (χ1v) is 9.62. The normalized spacial score (nSPS) is 15.6. The predicted molar refractivity (Wildman–Crippen MR) is 110 cm³/mol. The van der Waals surface area contributed by atoms with Gasteiger partial charge in [-0.2, -0.15) is 0 Å². The summed E-state index contributed by atoms with van der Waals surface area (Å²) in [7, 11) is 3.19. The van der Waals surface area contributed by atoms with Crippen LogP contribution in [0.25, 0.3) is 0 Å². The summed E-state index contributed by atoms with van der Waals surface area (Å²) in [6.45, 7) is 1.12. The number of hydrogen-bond acceptors (Lipinski definition) is 5. The summed E-state index contributed by atoms with van der Waals surface area (Å²) in [5, 5.41) is 5.72. The minimum Gasteiger partial charge on any atom is -0.493 e. The number of benzene rings is 2. The largest absolute Gasteiger partial charge is 0.493 e. The molecule has 2 aromatic rings. The number of hydrogen-bond donors (Lipinski definition) is 2. The van der Waals surface area contributed by atoms with E-state index >= 15 is 0 Å². The van der Waals surface area contributed by atoms with Crippen molar-refractivity contribution in [3.63, 3.8) is 0 Å². The molecule has 0 unspecified atom stereocenters. The van der Waals surface area contributed by atoms with E-state index in [2.05, 4.69) is 10.6 Å². The number of amides is 2. The Morgan fingerprint density at radius 2 is 1.83 bits per heavy atom. The van der Waals surface area contributed by atoms with Gasteiger partial charge in [-0.1, -0.05) is 6.07 Å². The SMILES string of the molecule is COc1ccc(CCNC(=O)c2ccc(NC(=O)[C@H]3CCCO3)cc2)cc1OC. The molecule has 0 spiro atoms. The lowest BCUT2D eigenvalue weighted by atomic mass is 10.1. The number of nitrogens with one attached hydrogen (secondary N) is 2. The lowest BCUT2D eigenvalue weighted by molar-refractivity contribution is -0.124. The Labute approximate surface area is 170 Å². The first-order valence-electron chi connectivity index (χ1n) is 9.62. The van der Waals surface area contributed by atoms with Crippen LogP contribution in [-0.4, -0.2) is 45.3 Å². The van der Waals surface area contributed by atoms with E-state index in [1.807, 2.05) is 18.2 Å². The lowest BCUT2D eigenvalue weighted by Crippen LogP contribution is -2.27. The lowest BCUT2D eigenvalue weighted by Gasteiger charge is -2.11. The van der Waals surface area contributed by atoms with Crippen LogP contribution in [0.15, 0.2) is 42.5 Å². The molecule has 2 amide bonds. The third-order valence-corrected chi connectivity index (χ3v) is 4.78. The average Bonchev–Trinajstić information content (AvgIpc) is 3.29. The van der Waals surface area contributed by atoms with Gasteiger partial charge in [0.05, 0.1) is 14.2 Å². The van der Waals surface area contributed by atoms with Crippen LogP contribution in [-0.2, 0) is 16.0 Å². The highest BCUT2D eigenvalue weighted by molar-refractivity contribution is 5.96. The van der Waals surface area contributed by atoms with E-state index < -0.39 is 0 Å². The predicted octanol–water partition coefficient (Wildman–Crippen LogP) is 2.79. The standard InChI is InChI=1S/C22H26N2O5/c1-27-18-10-5-15(14-20(18)28-2)11-12-23-21(25)16-6-8-17(9-7-16)24-22(26)19-4-3-13-29-19/h5-10,14,19H,3-4,11-13H2,1-2H3,(H,23,25)(H,24,26)/t19-/m1/s1. The third-order valence-electron chi connectivity index (χ3n) is 4.78. The fourth-order valence-corrected chi connectivity index (χ4v) is 3.17. The highest BCUT2D eigenvalue weighted by Crippen LogP contribution is 2.27. The molecule has 2 aromatic carbocycles. The molecular formula is C22H26N2O5. The minimum absolute atomic E-state index is 0.144. The maximum Gasteiger partial charge on any atom is 0.253 e. The van der Waals surface area contributed by atoms with E-state index in [1.165, 1.54) is 0 Å². The molecule has 1 aliphatic heterocycles. The smallest absolute Gasteiger partial charge is 0.253 e. The van der Waals surface area contributed by atoms with Crippen LogP contribution >= 0.6 is 0 Å². The molecule has 1 saturated heterocycles. The fraction of sp³-hybridized carbons (Fsp3) is 0.364. The van der Waals surface area contributed by atoms with Crippen LogP contribution in [0.1, 0.15) is 28.8 Å². The first kappa shape index (κ1) is 20.7. The Kier molecular flexibility index (Phi) is 7.08. The molecule has 1 heterocycles. The molecule has 0 aliphatic carbocycles. The maximum absolute atomic E-state index is 12.3. The first-order chi connectivity index (χ1) is 14.1. The van der Waals surface area contributed by atoms with Crippen molar-refractivity contribution in [3.05, 3.63) is 53.6 Å². The second-order valence-corrected chi connectivity index (χ2v) is 6.76. The number of methoxy groups -OCH3 is 2. The summed E-state index contributed by atoms with van der Waals surface area (Å²) in [6, 6.07) is 12.5. The fourth-order valence-electron chi connectivity index (χ4n) is 3.17. The van der Waals surface area contributed by atoms with Gasteiger partial charge in [0, 0.05) is 24.4 Å². The molecular weight excluding hydrogens is 372 g/mol. The van der Waals surface area contributed by atoms with Crippen molar-refractivity contribution in [2.75, 3.05) is 32.7 Å². The van der Waals surface area contributed by atoms with Crippen molar-refractivity contribution in [1.82, 2.24) is 5.32 Å². The van der Waals surface area contributed by atoms with Crippen molar-refractivity contribution in [2.24, 2.45) is 0 Å². The highest BCUT2D eigenvalue weighted by Gasteiger charge is 2.23. The number of rotatable bonds is 8. The van der Waals surface area contributed by atoms with Gasteiger partial charge in [0.1, 0.15) is 6.10 Å². The summed E-state index contributed by atoms with van der Waals surface area (Å²) in [6.07, 6.45) is 1.93. The summed E-state index contributed by atoms with van der Waals surface area (Å²) in [5.74, 6) is 1.03. The van der Waals surface area contributed by atoms with Crippen LogP contribution in [0.5, 0.6) is 11.5 Å². The van der Waals surface area contributed by atoms with E-state index in [4.69, 9.17) is 14.2 Å². The molecule has 7 heteroatoms. The van der Waals surface area contributed by atoms with Gasteiger partial charge < -0.3 is 24.8 Å². The van der Waals surface area contributed by atoms with Gasteiger partial charge in [-0.05, 0) is 61.2 Å². The highest BCUT2D eigenvalue weighted by atomic mass is 16.5. The zero-order valence-corrected chi connectivity index (χ0v) is 16.7. The van der Waals surface area contributed by atoms with Crippen molar-refractivity contribution in [2.45, 2.75) is 25.4 Å². The third kappa shape index (κ3) is 5.48. The molecule has 1 atom stereocenters. The zero-order chi connectivity index (χ0) is 20.6. The van der Waals surface area contributed by atoms with Gasteiger partial charge in [-0.15, -0.1) is 0 Å². The van der Waals surface area contributed by atoms with Crippen LogP contribution in [0.3, 0.4) is 0 Å². The van der Waals surface area contributed by atoms with E-state index in [0.717, 1.165) is 18.4 Å². The van der Waals surface area contributed by atoms with Gasteiger partial charge in [-0.3, -0.25) is 9.59 Å². The van der Waals surface area contributed by atoms with E-state index in [1.54, 1.807) is 38.5 Å². The Balaban J connectivity index is 1.48. The van der Waals surface area contributed by atoms with Gasteiger partial charge in [0.15, 0.2) is 11.5 Å². The average molecular weight is 398 g/mol. The van der Waals surface area contributed by atoms with E-state index in [0.29, 0.717) is 42.3 Å². The van der Waals surface area contributed by atoms with Crippen molar-refractivity contribution in [1.29, 1.82) is 0 Å². The quantitative estimate of drug-likeness (QED) is 0.714. The Morgan fingerprint density at radius 1 is 1.07 bits per heavy atom. The number of carbonyl (C=O) groups excluding carboxylic acids is 2. The second kappa shape index (κ2) is 9.93. The van der Waals surface area contributed by atoms with Crippen LogP contribution in [0.2, 0.25) is 0 Å². The topological polar surface area (TPSA) is 85.9 Å². The monoisotopic (exact) mass is 398 g/mol. The molecule has 2 N–H and O–H groups in total. The molecule has 3 rings (SSSR count). The summed E-state index contributed by atoms with van der Waals surface area (Å²) >= 11 is 0.